The van der Waals surface area contributed by atoms with Gasteiger partial charge < -0.3 is 5.32 Å². The van der Waals surface area contributed by atoms with Crippen molar-refractivity contribution < 1.29 is 12.3 Å². The van der Waals surface area contributed by atoms with Crippen molar-refractivity contribution in [3.8, 4) is 0 Å². The highest BCUT2D eigenvalue weighted by Gasteiger charge is 2.45. The minimum Gasteiger partial charge on any atom is -0.319 e. The van der Waals surface area contributed by atoms with Crippen molar-refractivity contribution in [2.24, 2.45) is 5.41 Å². The molecule has 1 N–H and O–H groups in total. The molecule has 0 atom stereocenters. The molecule has 0 aromatic rings. The number of rotatable bonds is 4. The molecule has 0 amide bonds. The Morgan fingerprint density at radius 1 is 1.55 bits per heavy atom. The van der Waals surface area contributed by atoms with Gasteiger partial charge in [0.1, 0.15) is 0 Å². The predicted octanol–water partition coefficient (Wildman–Crippen LogP) is 0.285. The Morgan fingerprint density at radius 3 is 2.36 bits per heavy atom. The first-order valence-electron chi connectivity index (χ1n) is 3.54. The molecular formula is C6H12FNO2S. The third-order valence-corrected chi connectivity index (χ3v) is 2.94. The molecule has 1 aliphatic carbocycles. The standard InChI is InChI=1S/C6H12FNO2S/c1-8-4-6(2-3-6)5-11(7,9)10/h8H,2-5H2,1H3. The summed E-state index contributed by atoms with van der Waals surface area (Å²) in [5.41, 5.74) is -0.289. The first-order chi connectivity index (χ1) is 4.97. The van der Waals surface area contributed by atoms with Crippen molar-refractivity contribution in [2.45, 2.75) is 12.8 Å². The molecule has 0 unspecified atom stereocenters. The van der Waals surface area contributed by atoms with Gasteiger partial charge in [-0.2, -0.15) is 8.42 Å². The van der Waals surface area contributed by atoms with Gasteiger partial charge in [0.05, 0.1) is 5.75 Å². The van der Waals surface area contributed by atoms with E-state index in [9.17, 15) is 12.3 Å². The molecule has 0 aromatic heterocycles. The second-order valence-electron chi connectivity index (χ2n) is 3.21. The highest BCUT2D eigenvalue weighted by molar-refractivity contribution is 7.86. The first-order valence-corrected chi connectivity index (χ1v) is 5.10. The molecule has 5 heteroatoms. The van der Waals surface area contributed by atoms with Gasteiger partial charge in [0.2, 0.25) is 0 Å². The zero-order valence-electron chi connectivity index (χ0n) is 6.43. The summed E-state index contributed by atoms with van der Waals surface area (Å²) in [7, 11) is -2.54. The highest BCUT2D eigenvalue weighted by atomic mass is 32.3. The van der Waals surface area contributed by atoms with E-state index in [0.29, 0.717) is 6.54 Å². The highest BCUT2D eigenvalue weighted by Crippen LogP contribution is 2.46. The number of hydrogen-bond acceptors (Lipinski definition) is 3. The van der Waals surface area contributed by atoms with E-state index in [1.165, 1.54) is 0 Å². The van der Waals surface area contributed by atoms with Gasteiger partial charge in [-0.1, -0.05) is 0 Å². The Balaban J connectivity index is 2.48. The van der Waals surface area contributed by atoms with Crippen LogP contribution in [0.1, 0.15) is 12.8 Å². The average Bonchev–Trinajstić information content (AvgIpc) is 2.44. The summed E-state index contributed by atoms with van der Waals surface area (Å²) in [6.45, 7) is 0.593. The van der Waals surface area contributed by atoms with Crippen molar-refractivity contribution in [1.82, 2.24) is 5.32 Å². The lowest BCUT2D eigenvalue weighted by atomic mass is 10.1. The summed E-state index contributed by atoms with van der Waals surface area (Å²) in [5, 5.41) is 2.86. The molecule has 1 fully saturated rings. The molecule has 0 saturated heterocycles. The van der Waals surface area contributed by atoms with Crippen LogP contribution >= 0.6 is 0 Å². The molecule has 0 bridgehead atoms. The van der Waals surface area contributed by atoms with Gasteiger partial charge in [0, 0.05) is 6.54 Å². The van der Waals surface area contributed by atoms with E-state index in [1.54, 1.807) is 7.05 Å². The van der Waals surface area contributed by atoms with E-state index in [1.807, 2.05) is 0 Å². The maximum absolute atomic E-state index is 12.2. The molecular weight excluding hydrogens is 169 g/mol. The lowest BCUT2D eigenvalue weighted by Crippen LogP contribution is -2.25. The van der Waals surface area contributed by atoms with Crippen LogP contribution in [0.4, 0.5) is 3.89 Å². The normalized spacial score (nSPS) is 21.6. The maximum Gasteiger partial charge on any atom is 0.303 e. The second kappa shape index (κ2) is 2.71. The summed E-state index contributed by atoms with van der Waals surface area (Å²) in [6.07, 6.45) is 1.63. The second-order valence-corrected chi connectivity index (χ2v) is 4.58. The van der Waals surface area contributed by atoms with Gasteiger partial charge in [-0.05, 0) is 25.3 Å². The van der Waals surface area contributed by atoms with E-state index in [4.69, 9.17) is 0 Å². The van der Waals surface area contributed by atoms with Gasteiger partial charge in [-0.25, -0.2) is 0 Å². The summed E-state index contributed by atoms with van der Waals surface area (Å²) < 4.78 is 32.7. The van der Waals surface area contributed by atoms with Crippen molar-refractivity contribution in [2.75, 3.05) is 19.3 Å². The van der Waals surface area contributed by atoms with Crippen LogP contribution in [0.25, 0.3) is 0 Å². The molecule has 1 saturated carbocycles. The topological polar surface area (TPSA) is 46.2 Å². The van der Waals surface area contributed by atoms with Gasteiger partial charge in [-0.15, -0.1) is 3.89 Å². The van der Waals surface area contributed by atoms with Crippen LogP contribution in [0.5, 0.6) is 0 Å². The van der Waals surface area contributed by atoms with E-state index in [0.717, 1.165) is 12.8 Å². The number of nitrogens with one attached hydrogen (secondary N) is 1. The third kappa shape index (κ3) is 2.75. The molecule has 66 valence electrons. The van der Waals surface area contributed by atoms with E-state index >= 15 is 0 Å². The van der Waals surface area contributed by atoms with Gasteiger partial charge in [-0.3, -0.25) is 0 Å². The Bertz CT molecular complexity index is 233. The minimum absolute atomic E-state index is 0.289. The van der Waals surface area contributed by atoms with Gasteiger partial charge >= 0.3 is 10.2 Å². The number of hydrogen-bond donors (Lipinski definition) is 1. The fourth-order valence-electron chi connectivity index (χ4n) is 1.29. The Hall–Kier alpha value is -0.160. The largest absolute Gasteiger partial charge is 0.319 e. The summed E-state index contributed by atoms with van der Waals surface area (Å²) in [4.78, 5) is 0. The molecule has 0 aliphatic heterocycles. The summed E-state index contributed by atoms with van der Waals surface area (Å²) in [5.74, 6) is -0.319. The van der Waals surface area contributed by atoms with Crippen LogP contribution in [0.15, 0.2) is 0 Å². The fourth-order valence-corrected chi connectivity index (χ4v) is 2.41. The zero-order valence-corrected chi connectivity index (χ0v) is 7.25. The molecule has 0 radical (unpaired) electrons. The summed E-state index contributed by atoms with van der Waals surface area (Å²) >= 11 is 0. The molecule has 0 heterocycles. The average molecular weight is 181 g/mol. The van der Waals surface area contributed by atoms with Crippen molar-refractivity contribution >= 4 is 10.2 Å². The van der Waals surface area contributed by atoms with Crippen molar-refractivity contribution in [3.63, 3.8) is 0 Å². The predicted molar refractivity (Wildman–Crippen MR) is 40.5 cm³/mol. The number of halogens is 1. The van der Waals surface area contributed by atoms with Crippen LogP contribution in [0.2, 0.25) is 0 Å². The van der Waals surface area contributed by atoms with Gasteiger partial charge in [0.25, 0.3) is 0 Å². The fraction of sp³-hybridized carbons (Fsp3) is 1.00. The molecule has 1 rings (SSSR count). The van der Waals surface area contributed by atoms with Crippen LogP contribution in [-0.2, 0) is 10.2 Å². The van der Waals surface area contributed by atoms with Gasteiger partial charge in [0.15, 0.2) is 0 Å². The van der Waals surface area contributed by atoms with Crippen LogP contribution < -0.4 is 5.32 Å². The smallest absolute Gasteiger partial charge is 0.303 e. The van der Waals surface area contributed by atoms with Crippen LogP contribution in [0, 0.1) is 5.41 Å². The molecule has 1 aliphatic rings. The van der Waals surface area contributed by atoms with E-state index in [2.05, 4.69) is 5.32 Å². The quantitative estimate of drug-likeness (QED) is 0.634. The molecule has 3 nitrogen and oxygen atoms in total. The summed E-state index contributed by atoms with van der Waals surface area (Å²) in [6, 6.07) is 0. The van der Waals surface area contributed by atoms with E-state index in [-0.39, 0.29) is 11.2 Å². The Labute approximate surface area is 66.2 Å². The lowest BCUT2D eigenvalue weighted by molar-refractivity contribution is 0.493. The van der Waals surface area contributed by atoms with Crippen LogP contribution in [0.3, 0.4) is 0 Å². The third-order valence-electron chi connectivity index (χ3n) is 1.99. The lowest BCUT2D eigenvalue weighted by Gasteiger charge is -2.10. The zero-order chi connectivity index (χ0) is 8.54. The molecule has 11 heavy (non-hydrogen) atoms. The Kier molecular flexibility index (Phi) is 2.20. The SMILES string of the molecule is CNCC1(CS(=O)(=O)F)CC1. The van der Waals surface area contributed by atoms with Crippen molar-refractivity contribution in [3.05, 3.63) is 0 Å². The first kappa shape index (κ1) is 8.93. The van der Waals surface area contributed by atoms with E-state index < -0.39 is 10.2 Å². The maximum atomic E-state index is 12.2. The minimum atomic E-state index is -4.28. The monoisotopic (exact) mass is 181 g/mol. The van der Waals surface area contributed by atoms with Crippen molar-refractivity contribution in [1.29, 1.82) is 0 Å². The molecule has 0 aromatic carbocycles. The van der Waals surface area contributed by atoms with Crippen LogP contribution in [-0.4, -0.2) is 27.8 Å². The Morgan fingerprint density at radius 2 is 2.09 bits per heavy atom. The molecule has 0 spiro atoms.